The van der Waals surface area contributed by atoms with E-state index in [1.165, 1.54) is 4.90 Å². The fraction of sp³-hybridized carbons (Fsp3) is 0.471. The summed E-state index contributed by atoms with van der Waals surface area (Å²) in [6.45, 7) is 0. The van der Waals surface area contributed by atoms with E-state index >= 15 is 0 Å². The Balaban J connectivity index is 2.05. The first-order chi connectivity index (χ1) is 11.5. The van der Waals surface area contributed by atoms with E-state index < -0.39 is 18.1 Å². The summed E-state index contributed by atoms with van der Waals surface area (Å²) < 4.78 is 0. The molecule has 24 heavy (non-hydrogen) atoms. The zero-order valence-corrected chi connectivity index (χ0v) is 14.0. The predicted molar refractivity (Wildman–Crippen MR) is 90.8 cm³/mol. The number of rotatable bonds is 3. The third kappa shape index (κ3) is 3.00. The molecule has 0 aromatic heterocycles. The van der Waals surface area contributed by atoms with E-state index in [1.807, 2.05) is 24.3 Å². The molecule has 1 unspecified atom stereocenters. The molecule has 7 heteroatoms. The molecule has 2 aliphatic heterocycles. The molecule has 2 aliphatic rings. The minimum Gasteiger partial charge on any atom is -0.480 e. The average Bonchev–Trinajstić information content (AvgIpc) is 2.70. The zero-order chi connectivity index (χ0) is 17.3. The molecule has 2 heterocycles. The summed E-state index contributed by atoms with van der Waals surface area (Å²) in [4.78, 5) is 37.9. The molecule has 128 valence electrons. The summed E-state index contributed by atoms with van der Waals surface area (Å²) in [5, 5.41) is 12.2. The highest BCUT2D eigenvalue weighted by atomic mass is 32.1. The van der Waals surface area contributed by atoms with Gasteiger partial charge in [0.05, 0.1) is 11.8 Å². The van der Waals surface area contributed by atoms with Crippen LogP contribution in [-0.4, -0.2) is 45.6 Å². The number of carboxylic acid groups (broad SMARTS) is 1. The largest absolute Gasteiger partial charge is 0.480 e. The van der Waals surface area contributed by atoms with Gasteiger partial charge in [0.25, 0.3) is 0 Å². The molecule has 1 aromatic carbocycles. The van der Waals surface area contributed by atoms with Crippen LogP contribution in [-0.2, 0) is 20.8 Å². The van der Waals surface area contributed by atoms with Crippen LogP contribution in [0.2, 0.25) is 0 Å². The van der Waals surface area contributed by atoms with Crippen LogP contribution in [0, 0.1) is 0 Å². The molecule has 1 aromatic rings. The van der Waals surface area contributed by atoms with Gasteiger partial charge in [0.15, 0.2) is 0 Å². The van der Waals surface area contributed by atoms with E-state index in [1.54, 1.807) is 0 Å². The molecule has 1 saturated heterocycles. The molecule has 2 amide bonds. The van der Waals surface area contributed by atoms with Gasteiger partial charge in [-0.1, -0.05) is 24.3 Å². The van der Waals surface area contributed by atoms with Gasteiger partial charge in [0.1, 0.15) is 12.1 Å². The molecular formula is C17H20N2O4S. The Morgan fingerprint density at radius 2 is 2.04 bits per heavy atom. The fourth-order valence-corrected chi connectivity index (χ4v) is 3.83. The van der Waals surface area contributed by atoms with Gasteiger partial charge in [-0.25, -0.2) is 4.79 Å². The highest BCUT2D eigenvalue weighted by molar-refractivity contribution is 7.81. The number of thiol groups is 1. The van der Waals surface area contributed by atoms with Crippen LogP contribution in [0.3, 0.4) is 0 Å². The number of nitrogens with zero attached hydrogens (tertiary/aromatic N) is 1. The quantitative estimate of drug-likeness (QED) is 0.716. The molecule has 0 spiro atoms. The van der Waals surface area contributed by atoms with Crippen molar-refractivity contribution >= 4 is 30.4 Å². The average molecular weight is 348 g/mol. The minimum atomic E-state index is -0.994. The van der Waals surface area contributed by atoms with Crippen molar-refractivity contribution in [3.8, 4) is 0 Å². The third-order valence-electron chi connectivity index (χ3n) is 4.78. The van der Waals surface area contributed by atoms with Gasteiger partial charge in [0.2, 0.25) is 11.8 Å². The van der Waals surface area contributed by atoms with E-state index in [0.29, 0.717) is 12.8 Å². The van der Waals surface area contributed by atoms with Gasteiger partial charge < -0.3 is 15.3 Å². The van der Waals surface area contributed by atoms with Crippen LogP contribution in [0.15, 0.2) is 24.3 Å². The number of fused-ring (bicyclic) bond motifs is 3. The molecular weight excluding hydrogens is 328 g/mol. The van der Waals surface area contributed by atoms with Gasteiger partial charge >= 0.3 is 5.97 Å². The summed E-state index contributed by atoms with van der Waals surface area (Å²) in [6.07, 6.45) is 2.30. The summed E-state index contributed by atoms with van der Waals surface area (Å²) in [6, 6.07) is 5.84. The Labute approximate surface area is 145 Å². The molecule has 3 atom stereocenters. The number of aliphatic carboxylic acids is 1. The van der Waals surface area contributed by atoms with Crippen molar-refractivity contribution in [3.05, 3.63) is 35.4 Å². The van der Waals surface area contributed by atoms with Crippen molar-refractivity contribution in [2.75, 3.05) is 5.75 Å². The first-order valence-corrected chi connectivity index (χ1v) is 8.69. The monoisotopic (exact) mass is 348 g/mol. The normalized spacial score (nSPS) is 26.1. The number of piperidine rings is 1. The third-order valence-corrected chi connectivity index (χ3v) is 5.07. The first kappa shape index (κ1) is 16.8. The molecule has 1 fully saturated rings. The summed E-state index contributed by atoms with van der Waals surface area (Å²) in [5.74, 6) is -1.67. The van der Waals surface area contributed by atoms with Crippen molar-refractivity contribution in [2.45, 2.75) is 43.8 Å². The highest BCUT2D eigenvalue weighted by Gasteiger charge is 2.44. The van der Waals surface area contributed by atoms with E-state index in [0.717, 1.165) is 24.0 Å². The Hall–Kier alpha value is -2.02. The first-order valence-electron chi connectivity index (χ1n) is 8.06. The Kier molecular flexibility index (Phi) is 4.80. The smallest absolute Gasteiger partial charge is 0.326 e. The van der Waals surface area contributed by atoms with E-state index in [9.17, 15) is 19.5 Å². The SMILES string of the molecule is O=C(CS)N[C@@H]1Cc2ccccc2C2CCC[C@H](C(=O)O)N2C1=O. The van der Waals surface area contributed by atoms with Crippen LogP contribution < -0.4 is 5.32 Å². The van der Waals surface area contributed by atoms with Gasteiger partial charge in [-0.2, -0.15) is 12.6 Å². The molecule has 6 nitrogen and oxygen atoms in total. The van der Waals surface area contributed by atoms with E-state index in [4.69, 9.17) is 0 Å². The topological polar surface area (TPSA) is 86.7 Å². The van der Waals surface area contributed by atoms with Gasteiger partial charge in [-0.15, -0.1) is 0 Å². The second-order valence-electron chi connectivity index (χ2n) is 6.23. The summed E-state index contributed by atoms with van der Waals surface area (Å²) >= 11 is 3.94. The molecule has 3 rings (SSSR count). The number of benzene rings is 1. The maximum atomic E-state index is 13.0. The maximum absolute atomic E-state index is 13.0. The Bertz CT molecular complexity index is 678. The van der Waals surface area contributed by atoms with Gasteiger partial charge in [-0.05, 0) is 30.4 Å². The predicted octanol–water partition coefficient (Wildman–Crippen LogP) is 1.16. The lowest BCUT2D eigenvalue weighted by atomic mass is 9.89. The summed E-state index contributed by atoms with van der Waals surface area (Å²) in [7, 11) is 0. The van der Waals surface area contributed by atoms with Crippen LogP contribution in [0.4, 0.5) is 0 Å². The van der Waals surface area contributed by atoms with Crippen molar-refractivity contribution in [2.24, 2.45) is 0 Å². The van der Waals surface area contributed by atoms with Crippen molar-refractivity contribution < 1.29 is 19.5 Å². The zero-order valence-electron chi connectivity index (χ0n) is 13.1. The van der Waals surface area contributed by atoms with Crippen molar-refractivity contribution in [3.63, 3.8) is 0 Å². The number of hydrogen-bond donors (Lipinski definition) is 3. The van der Waals surface area contributed by atoms with Gasteiger partial charge in [0, 0.05) is 6.42 Å². The molecule has 0 saturated carbocycles. The van der Waals surface area contributed by atoms with E-state index in [2.05, 4.69) is 17.9 Å². The Morgan fingerprint density at radius 3 is 2.75 bits per heavy atom. The number of nitrogens with one attached hydrogen (secondary N) is 1. The minimum absolute atomic E-state index is 0.0167. The molecule has 0 aliphatic carbocycles. The second kappa shape index (κ2) is 6.84. The fourth-order valence-electron chi connectivity index (χ4n) is 3.74. The number of amides is 2. The molecule has 0 radical (unpaired) electrons. The van der Waals surface area contributed by atoms with Crippen molar-refractivity contribution in [1.29, 1.82) is 0 Å². The number of carboxylic acids is 1. The number of carbonyl (C=O) groups excluding carboxylic acids is 2. The number of carbonyl (C=O) groups is 3. The van der Waals surface area contributed by atoms with Crippen molar-refractivity contribution in [1.82, 2.24) is 10.2 Å². The second-order valence-corrected chi connectivity index (χ2v) is 6.54. The standard InChI is InChI=1S/C17H20N2O4S/c20-15(9-24)18-12-8-10-4-1-2-5-11(10)13-6-3-7-14(17(22)23)19(13)16(12)21/h1-2,4-5,12-14,24H,3,6-9H2,(H,18,20)(H,22,23)/t12-,13?,14-/m1/s1. The molecule has 0 bridgehead atoms. The number of hydrogen-bond acceptors (Lipinski definition) is 4. The van der Waals surface area contributed by atoms with Crippen LogP contribution in [0.1, 0.15) is 36.4 Å². The van der Waals surface area contributed by atoms with Crippen LogP contribution >= 0.6 is 12.6 Å². The lowest BCUT2D eigenvalue weighted by Crippen LogP contribution is -2.55. The van der Waals surface area contributed by atoms with Gasteiger partial charge in [-0.3, -0.25) is 9.59 Å². The Morgan fingerprint density at radius 1 is 1.29 bits per heavy atom. The van der Waals surface area contributed by atoms with Crippen LogP contribution in [0.25, 0.3) is 0 Å². The summed E-state index contributed by atoms with van der Waals surface area (Å²) in [5.41, 5.74) is 1.97. The van der Waals surface area contributed by atoms with Crippen LogP contribution in [0.5, 0.6) is 0 Å². The lowest BCUT2D eigenvalue weighted by Gasteiger charge is -2.40. The lowest BCUT2D eigenvalue weighted by molar-refractivity contribution is -0.156. The van der Waals surface area contributed by atoms with E-state index in [-0.39, 0.29) is 23.6 Å². The maximum Gasteiger partial charge on any atom is 0.326 e. The molecule has 2 N–H and O–H groups in total. The highest BCUT2D eigenvalue weighted by Crippen LogP contribution is 2.39.